The summed E-state index contributed by atoms with van der Waals surface area (Å²) in [6.07, 6.45) is 0.846. The molecule has 0 bridgehead atoms. The van der Waals surface area contributed by atoms with E-state index in [2.05, 4.69) is 22.2 Å². The molecule has 0 radical (unpaired) electrons. The van der Waals surface area contributed by atoms with Crippen LogP contribution in [0.4, 0.5) is 0 Å². The monoisotopic (exact) mass is 257 g/mol. The predicted octanol–water partition coefficient (Wildman–Crippen LogP) is 0.370. The lowest BCUT2D eigenvalue weighted by molar-refractivity contribution is -0.155. The van der Waals surface area contributed by atoms with Crippen molar-refractivity contribution in [3.05, 3.63) is 0 Å². The lowest BCUT2D eigenvalue weighted by Gasteiger charge is -2.34. The number of likely N-dealkylation sites (N-methyl/N-ethyl adjacent to an activating group) is 1. The van der Waals surface area contributed by atoms with Crippen molar-refractivity contribution in [2.75, 3.05) is 53.5 Å². The van der Waals surface area contributed by atoms with Crippen molar-refractivity contribution < 1.29 is 9.53 Å². The van der Waals surface area contributed by atoms with Crippen molar-refractivity contribution in [2.45, 2.75) is 20.3 Å². The highest BCUT2D eigenvalue weighted by Gasteiger charge is 2.30. The van der Waals surface area contributed by atoms with Gasteiger partial charge in [-0.05, 0) is 40.9 Å². The van der Waals surface area contributed by atoms with Crippen LogP contribution in [-0.2, 0) is 9.53 Å². The minimum Gasteiger partial charge on any atom is -0.449 e. The Balaban J connectivity index is 2.29. The Morgan fingerprint density at radius 2 is 1.89 bits per heavy atom. The van der Waals surface area contributed by atoms with Crippen molar-refractivity contribution in [1.29, 1.82) is 0 Å². The van der Waals surface area contributed by atoms with E-state index in [1.54, 1.807) is 7.05 Å². The number of piperazine rings is 1. The van der Waals surface area contributed by atoms with Crippen LogP contribution in [-0.4, -0.2) is 69.3 Å². The Bertz CT molecular complexity index is 261. The van der Waals surface area contributed by atoms with Gasteiger partial charge in [0.15, 0.2) is 0 Å². The maximum atomic E-state index is 11.9. The highest BCUT2D eigenvalue weighted by Crippen LogP contribution is 2.22. The lowest BCUT2D eigenvalue weighted by Crippen LogP contribution is -2.45. The Labute approximate surface area is 110 Å². The van der Waals surface area contributed by atoms with Gasteiger partial charge >= 0.3 is 5.97 Å². The molecular weight excluding hydrogens is 230 g/mol. The Morgan fingerprint density at radius 1 is 1.28 bits per heavy atom. The van der Waals surface area contributed by atoms with Gasteiger partial charge in [0, 0.05) is 26.2 Å². The van der Waals surface area contributed by atoms with Gasteiger partial charge in [-0.15, -0.1) is 0 Å². The molecule has 5 nitrogen and oxygen atoms in total. The van der Waals surface area contributed by atoms with Crippen LogP contribution in [0.2, 0.25) is 0 Å². The fourth-order valence-electron chi connectivity index (χ4n) is 1.94. The van der Waals surface area contributed by atoms with E-state index in [0.717, 1.165) is 39.1 Å². The molecule has 1 heterocycles. The minimum atomic E-state index is -0.403. The molecular formula is C13H27N3O2. The zero-order valence-corrected chi connectivity index (χ0v) is 12.2. The molecule has 1 aliphatic rings. The van der Waals surface area contributed by atoms with Gasteiger partial charge in [0.05, 0.1) is 5.41 Å². The van der Waals surface area contributed by atoms with Crippen LogP contribution < -0.4 is 5.32 Å². The molecule has 0 aromatic heterocycles. The maximum Gasteiger partial charge on any atom is 0.312 e. The van der Waals surface area contributed by atoms with Gasteiger partial charge in [0.2, 0.25) is 0 Å². The molecule has 1 saturated heterocycles. The standard InChI is InChI=1S/C13H27N3O2/c1-13(2,12(17)18-11-14-3)5-6-16-9-7-15(4)8-10-16/h14H,5-11H2,1-4H3. The van der Waals surface area contributed by atoms with Gasteiger partial charge in [-0.3, -0.25) is 10.1 Å². The molecule has 0 aliphatic carbocycles. The first-order valence-corrected chi connectivity index (χ1v) is 6.68. The molecule has 0 unspecified atom stereocenters. The van der Waals surface area contributed by atoms with Crippen molar-refractivity contribution in [2.24, 2.45) is 5.41 Å². The summed E-state index contributed by atoms with van der Waals surface area (Å²) >= 11 is 0. The van der Waals surface area contributed by atoms with Crippen LogP contribution in [0.25, 0.3) is 0 Å². The van der Waals surface area contributed by atoms with E-state index in [9.17, 15) is 4.79 Å². The van der Waals surface area contributed by atoms with Crippen LogP contribution in [0.15, 0.2) is 0 Å². The number of esters is 1. The smallest absolute Gasteiger partial charge is 0.312 e. The number of hydrogen-bond acceptors (Lipinski definition) is 5. The molecule has 106 valence electrons. The Morgan fingerprint density at radius 3 is 2.44 bits per heavy atom. The van der Waals surface area contributed by atoms with Gasteiger partial charge in [-0.2, -0.15) is 0 Å². The van der Waals surface area contributed by atoms with Gasteiger partial charge in [-0.25, -0.2) is 0 Å². The van der Waals surface area contributed by atoms with Gasteiger partial charge in [0.1, 0.15) is 6.73 Å². The molecule has 18 heavy (non-hydrogen) atoms. The second kappa shape index (κ2) is 7.07. The van der Waals surface area contributed by atoms with Crippen LogP contribution in [0.1, 0.15) is 20.3 Å². The molecule has 0 saturated carbocycles. The topological polar surface area (TPSA) is 44.8 Å². The van der Waals surface area contributed by atoms with Gasteiger partial charge < -0.3 is 14.5 Å². The number of hydrogen-bond donors (Lipinski definition) is 1. The van der Waals surface area contributed by atoms with Crippen molar-refractivity contribution >= 4 is 5.97 Å². The van der Waals surface area contributed by atoms with E-state index in [1.165, 1.54) is 0 Å². The third kappa shape index (κ3) is 4.92. The molecule has 0 aromatic rings. The molecule has 1 N–H and O–H groups in total. The molecule has 0 amide bonds. The number of carbonyl (C=O) groups is 1. The average Bonchev–Trinajstić information content (AvgIpc) is 2.35. The Kier molecular flexibility index (Phi) is 6.05. The molecule has 1 fully saturated rings. The van der Waals surface area contributed by atoms with Gasteiger partial charge in [0.25, 0.3) is 0 Å². The van der Waals surface area contributed by atoms with Crippen LogP contribution in [0.5, 0.6) is 0 Å². The first kappa shape index (κ1) is 15.4. The summed E-state index contributed by atoms with van der Waals surface area (Å²) in [5.41, 5.74) is -0.403. The summed E-state index contributed by atoms with van der Waals surface area (Å²) < 4.78 is 5.14. The number of nitrogens with zero attached hydrogens (tertiary/aromatic N) is 2. The summed E-state index contributed by atoms with van der Waals surface area (Å²) in [7, 11) is 3.92. The SMILES string of the molecule is CNCOC(=O)C(C)(C)CCN1CCN(C)CC1. The molecule has 0 spiro atoms. The fraction of sp³-hybridized carbons (Fsp3) is 0.923. The third-order valence-corrected chi connectivity index (χ3v) is 3.55. The summed E-state index contributed by atoms with van der Waals surface area (Å²) in [6, 6.07) is 0. The third-order valence-electron chi connectivity index (χ3n) is 3.55. The molecule has 1 aliphatic heterocycles. The zero-order chi connectivity index (χ0) is 13.6. The fourth-order valence-corrected chi connectivity index (χ4v) is 1.94. The van der Waals surface area contributed by atoms with E-state index in [1.807, 2.05) is 13.8 Å². The van der Waals surface area contributed by atoms with E-state index in [0.29, 0.717) is 0 Å². The minimum absolute atomic E-state index is 0.119. The first-order valence-electron chi connectivity index (χ1n) is 6.68. The highest BCUT2D eigenvalue weighted by atomic mass is 16.5. The molecule has 0 atom stereocenters. The lowest BCUT2D eigenvalue weighted by atomic mass is 9.89. The molecule has 0 aromatic carbocycles. The second-order valence-electron chi connectivity index (χ2n) is 5.71. The molecule has 1 rings (SSSR count). The predicted molar refractivity (Wildman–Crippen MR) is 72.4 cm³/mol. The Hall–Kier alpha value is -0.650. The number of carbonyl (C=O) groups excluding carboxylic acids is 1. The summed E-state index contributed by atoms with van der Waals surface area (Å²) in [6.45, 7) is 9.60. The van der Waals surface area contributed by atoms with Crippen molar-refractivity contribution in [3.63, 3.8) is 0 Å². The van der Waals surface area contributed by atoms with E-state index in [4.69, 9.17) is 4.74 Å². The summed E-state index contributed by atoms with van der Waals surface area (Å²) in [5, 5.41) is 2.82. The normalized spacial score (nSPS) is 18.9. The van der Waals surface area contributed by atoms with Crippen LogP contribution >= 0.6 is 0 Å². The van der Waals surface area contributed by atoms with Crippen molar-refractivity contribution in [3.8, 4) is 0 Å². The number of ether oxygens (including phenoxy) is 1. The quantitative estimate of drug-likeness (QED) is 0.550. The molecule has 5 heteroatoms. The van der Waals surface area contributed by atoms with Gasteiger partial charge in [-0.1, -0.05) is 0 Å². The average molecular weight is 257 g/mol. The highest BCUT2D eigenvalue weighted by molar-refractivity contribution is 5.75. The van der Waals surface area contributed by atoms with E-state index >= 15 is 0 Å². The first-order chi connectivity index (χ1) is 8.45. The van der Waals surface area contributed by atoms with Crippen LogP contribution in [0, 0.1) is 5.41 Å². The number of nitrogens with one attached hydrogen (secondary N) is 1. The largest absolute Gasteiger partial charge is 0.449 e. The van der Waals surface area contributed by atoms with E-state index in [-0.39, 0.29) is 12.7 Å². The zero-order valence-electron chi connectivity index (χ0n) is 12.2. The van der Waals surface area contributed by atoms with Crippen LogP contribution in [0.3, 0.4) is 0 Å². The summed E-state index contributed by atoms with van der Waals surface area (Å²) in [5.74, 6) is -0.119. The van der Waals surface area contributed by atoms with Crippen molar-refractivity contribution in [1.82, 2.24) is 15.1 Å². The van der Waals surface area contributed by atoms with E-state index < -0.39 is 5.41 Å². The number of rotatable bonds is 6. The maximum absolute atomic E-state index is 11.9. The summed E-state index contributed by atoms with van der Waals surface area (Å²) in [4.78, 5) is 16.6. The second-order valence-corrected chi connectivity index (χ2v) is 5.71.